The second-order valence-electron chi connectivity index (χ2n) is 10.3. The summed E-state index contributed by atoms with van der Waals surface area (Å²) in [6.07, 6.45) is -2.88. The van der Waals surface area contributed by atoms with Gasteiger partial charge < -0.3 is 9.47 Å². The summed E-state index contributed by atoms with van der Waals surface area (Å²) in [6, 6.07) is 8.35. The molecule has 0 radical (unpaired) electrons. The molecule has 1 unspecified atom stereocenters. The van der Waals surface area contributed by atoms with Crippen LogP contribution in [0.4, 0.5) is 18.0 Å². The highest BCUT2D eigenvalue weighted by Crippen LogP contribution is 2.50. The molecular weight excluding hydrogens is 479 g/mol. The molecule has 1 heterocycles. The lowest BCUT2D eigenvalue weighted by atomic mass is 9.62. The first-order chi connectivity index (χ1) is 16.2. The molecule has 9 heteroatoms. The number of imide groups is 1. The van der Waals surface area contributed by atoms with Crippen molar-refractivity contribution in [3.05, 3.63) is 47.0 Å². The number of hydrogen-bond donors (Lipinski definition) is 1. The molecule has 1 fully saturated rings. The number of fused-ring (bicyclic) bond motifs is 1. The molecule has 2 aromatic carbocycles. The van der Waals surface area contributed by atoms with E-state index in [-0.39, 0.29) is 28.6 Å². The van der Waals surface area contributed by atoms with Crippen LogP contribution in [0.3, 0.4) is 0 Å². The number of benzene rings is 2. The van der Waals surface area contributed by atoms with E-state index in [1.165, 1.54) is 13.2 Å². The van der Waals surface area contributed by atoms with E-state index in [9.17, 15) is 22.8 Å². The predicted molar refractivity (Wildman–Crippen MR) is 129 cm³/mol. The summed E-state index contributed by atoms with van der Waals surface area (Å²) in [5, 5.41) is 1.03. The lowest BCUT2D eigenvalue weighted by Crippen LogP contribution is -2.33. The van der Waals surface area contributed by atoms with E-state index in [2.05, 4.69) is 37.7 Å². The van der Waals surface area contributed by atoms with Gasteiger partial charge in [0.15, 0.2) is 0 Å². The Balaban J connectivity index is 1.84. The molecule has 2 amide bonds. The van der Waals surface area contributed by atoms with Crippen molar-refractivity contribution in [2.75, 3.05) is 7.11 Å². The second kappa shape index (κ2) is 8.76. The summed E-state index contributed by atoms with van der Waals surface area (Å²) in [6.45, 7) is 8.60. The third-order valence-electron chi connectivity index (χ3n) is 6.92. The van der Waals surface area contributed by atoms with Gasteiger partial charge in [-0.25, -0.2) is 0 Å². The van der Waals surface area contributed by atoms with Crippen LogP contribution < -0.4 is 14.8 Å². The molecule has 0 spiro atoms. The lowest BCUT2D eigenvalue weighted by Gasteiger charge is -2.42. The zero-order valence-corrected chi connectivity index (χ0v) is 21.1. The number of amides is 2. The van der Waals surface area contributed by atoms with Crippen LogP contribution in [0.15, 0.2) is 30.3 Å². The van der Waals surface area contributed by atoms with E-state index in [0.717, 1.165) is 35.7 Å². The smallest absolute Gasteiger partial charge is 0.496 e. The van der Waals surface area contributed by atoms with Crippen LogP contribution in [0, 0.1) is 0 Å². The molecule has 0 saturated carbocycles. The number of methoxy groups -OCH3 is 1. The van der Waals surface area contributed by atoms with Gasteiger partial charge in [-0.1, -0.05) is 51.6 Å². The maximum Gasteiger partial charge on any atom is 0.573 e. The summed E-state index contributed by atoms with van der Waals surface area (Å²) in [5.41, 5.74) is 3.14. The molecule has 35 heavy (non-hydrogen) atoms. The maximum absolute atomic E-state index is 13.4. The van der Waals surface area contributed by atoms with Crippen LogP contribution in [-0.2, 0) is 22.0 Å². The van der Waals surface area contributed by atoms with Gasteiger partial charge >= 0.3 is 6.36 Å². The van der Waals surface area contributed by atoms with Gasteiger partial charge in [-0.05, 0) is 65.0 Å². The highest BCUT2D eigenvalue weighted by Gasteiger charge is 2.39. The molecule has 0 bridgehead atoms. The third-order valence-corrected chi connectivity index (χ3v) is 7.90. The van der Waals surface area contributed by atoms with Crippen molar-refractivity contribution in [3.63, 3.8) is 0 Å². The molecule has 1 N–H and O–H groups in total. The van der Waals surface area contributed by atoms with E-state index in [0.29, 0.717) is 16.9 Å². The molecule has 1 atom stereocenters. The molecular formula is C26H28F3NO4S. The van der Waals surface area contributed by atoms with Crippen LogP contribution in [0.5, 0.6) is 11.5 Å². The summed E-state index contributed by atoms with van der Waals surface area (Å²) in [4.78, 5) is 23.4. The normalized spacial score (nSPS) is 20.9. The molecule has 2 aromatic rings. The van der Waals surface area contributed by atoms with Gasteiger partial charge in [0, 0.05) is 11.1 Å². The molecule has 188 valence electrons. The number of thioether (sulfide) groups is 1. The van der Waals surface area contributed by atoms with Gasteiger partial charge in [0.25, 0.3) is 5.24 Å². The van der Waals surface area contributed by atoms with Crippen LogP contribution in [0.1, 0.15) is 57.2 Å². The Kier molecular flexibility index (Phi) is 6.36. The van der Waals surface area contributed by atoms with E-state index in [1.54, 1.807) is 12.1 Å². The molecule has 1 aliphatic heterocycles. The summed E-state index contributed by atoms with van der Waals surface area (Å²) >= 11 is 0.826. The van der Waals surface area contributed by atoms with Gasteiger partial charge in [0.1, 0.15) is 11.5 Å². The first-order valence-electron chi connectivity index (χ1n) is 11.3. The Hall–Kier alpha value is -2.68. The minimum atomic E-state index is -4.91. The molecule has 0 aromatic heterocycles. The number of hydrogen-bond acceptors (Lipinski definition) is 5. The van der Waals surface area contributed by atoms with Crippen molar-refractivity contribution in [2.24, 2.45) is 0 Å². The Morgan fingerprint density at radius 2 is 1.60 bits per heavy atom. The standard InChI is InChI=1S/C26H28F3NO4S/c1-24(2)8-9-25(3,4)18-13-19(33-5)16(12-17(18)24)15-7-6-14(10-20(15)34-26(27,28)29)11-21-22(31)30-23(32)35-21/h6-7,10,12-13,21H,8-9,11H2,1-5H3,(H,30,31,32). The Bertz CT molecular complexity index is 1190. The number of nitrogens with one attached hydrogen (secondary N) is 1. The van der Waals surface area contributed by atoms with Gasteiger partial charge in [0.05, 0.1) is 12.4 Å². The summed E-state index contributed by atoms with van der Waals surface area (Å²) < 4.78 is 50.3. The SMILES string of the molecule is COc1cc2c(cc1-c1ccc(CC3SC(=O)NC3=O)cc1OC(F)(F)F)C(C)(C)CCC2(C)C. The van der Waals surface area contributed by atoms with Gasteiger partial charge in [0.2, 0.25) is 5.91 Å². The van der Waals surface area contributed by atoms with Crippen LogP contribution in [-0.4, -0.2) is 29.9 Å². The van der Waals surface area contributed by atoms with Crippen LogP contribution in [0.25, 0.3) is 11.1 Å². The molecule has 5 nitrogen and oxygen atoms in total. The van der Waals surface area contributed by atoms with Crippen molar-refractivity contribution in [2.45, 2.75) is 69.4 Å². The topological polar surface area (TPSA) is 64.6 Å². The molecule has 2 aliphatic rings. The Morgan fingerprint density at radius 3 is 2.14 bits per heavy atom. The van der Waals surface area contributed by atoms with E-state index >= 15 is 0 Å². The van der Waals surface area contributed by atoms with Crippen LogP contribution >= 0.6 is 11.8 Å². The number of alkyl halides is 3. The van der Waals surface area contributed by atoms with E-state index < -0.39 is 22.8 Å². The van der Waals surface area contributed by atoms with Crippen LogP contribution in [0.2, 0.25) is 0 Å². The molecule has 1 aliphatic carbocycles. The van der Waals surface area contributed by atoms with Gasteiger partial charge in [-0.2, -0.15) is 0 Å². The van der Waals surface area contributed by atoms with Crippen molar-refractivity contribution in [3.8, 4) is 22.6 Å². The number of rotatable bonds is 5. The fourth-order valence-corrected chi connectivity index (χ4v) is 5.70. The minimum Gasteiger partial charge on any atom is -0.496 e. The monoisotopic (exact) mass is 507 g/mol. The fraction of sp³-hybridized carbons (Fsp3) is 0.462. The highest BCUT2D eigenvalue weighted by atomic mass is 32.2. The number of halogens is 3. The summed E-state index contributed by atoms with van der Waals surface area (Å²) in [5.74, 6) is -0.370. The highest BCUT2D eigenvalue weighted by molar-refractivity contribution is 8.15. The van der Waals surface area contributed by atoms with Crippen molar-refractivity contribution in [1.82, 2.24) is 5.32 Å². The molecule has 4 rings (SSSR count). The average molecular weight is 508 g/mol. The summed E-state index contributed by atoms with van der Waals surface area (Å²) in [7, 11) is 1.50. The first-order valence-corrected chi connectivity index (χ1v) is 12.2. The minimum absolute atomic E-state index is 0.0945. The van der Waals surface area contributed by atoms with Gasteiger partial charge in [-0.3, -0.25) is 14.9 Å². The van der Waals surface area contributed by atoms with E-state index in [1.807, 2.05) is 12.1 Å². The number of ether oxygens (including phenoxy) is 2. The molecule has 1 saturated heterocycles. The zero-order valence-electron chi connectivity index (χ0n) is 20.3. The third kappa shape index (κ3) is 5.15. The number of carbonyl (C=O) groups excluding carboxylic acids is 2. The van der Waals surface area contributed by atoms with Crippen molar-refractivity contribution < 1.29 is 32.2 Å². The quantitative estimate of drug-likeness (QED) is 0.500. The van der Waals surface area contributed by atoms with Crippen molar-refractivity contribution >= 4 is 22.9 Å². The zero-order chi connectivity index (χ0) is 25.8. The average Bonchev–Trinajstić information content (AvgIpc) is 3.06. The van der Waals surface area contributed by atoms with Gasteiger partial charge in [-0.15, -0.1) is 13.2 Å². The van der Waals surface area contributed by atoms with E-state index in [4.69, 9.17) is 4.74 Å². The maximum atomic E-state index is 13.4. The Morgan fingerprint density at radius 1 is 0.971 bits per heavy atom. The second-order valence-corrected chi connectivity index (χ2v) is 11.5. The van der Waals surface area contributed by atoms with Crippen molar-refractivity contribution in [1.29, 1.82) is 0 Å². The lowest BCUT2D eigenvalue weighted by molar-refractivity contribution is -0.274. The Labute approximate surface area is 206 Å². The first kappa shape index (κ1) is 25.4. The number of carbonyl (C=O) groups is 2. The predicted octanol–water partition coefficient (Wildman–Crippen LogP) is 6.50. The fourth-order valence-electron chi connectivity index (χ4n) is 4.84. The largest absolute Gasteiger partial charge is 0.573 e.